The van der Waals surface area contributed by atoms with Gasteiger partial charge in [-0.25, -0.2) is 4.31 Å². The molecular weight excluding hydrogens is 308 g/mol. The van der Waals surface area contributed by atoms with Gasteiger partial charge in [0.05, 0.1) is 0 Å². The Kier molecular flexibility index (Phi) is 2.95. The van der Waals surface area contributed by atoms with Crippen molar-refractivity contribution in [1.82, 2.24) is 9.21 Å². The molecule has 0 unspecified atom stereocenters. The molecule has 2 bridgehead atoms. The number of nitrogens with zero attached hydrogens (tertiary/aromatic N) is 2. The van der Waals surface area contributed by atoms with Crippen molar-refractivity contribution in [2.75, 3.05) is 19.6 Å². The Bertz CT molecular complexity index is 471. The molecule has 2 nitrogen and oxygen atoms in total. The zero-order valence-corrected chi connectivity index (χ0v) is 12.7. The molecule has 1 aromatic rings. The number of benzene rings is 1. The average Bonchev–Trinajstić information content (AvgIpc) is 2.83. The zero-order valence-electron chi connectivity index (χ0n) is 10.3. The van der Waals surface area contributed by atoms with Crippen LogP contribution < -0.4 is 0 Å². The largest absolute Gasteiger partial charge is 0.302 e. The molecule has 3 saturated heterocycles. The smallest absolute Gasteiger partial charge is 0.0366 e. The third kappa shape index (κ3) is 1.94. The first-order valence-electron chi connectivity index (χ1n) is 6.75. The number of hydrogen-bond acceptors (Lipinski definition) is 3. The predicted octanol–water partition coefficient (Wildman–Crippen LogP) is 3.37. The van der Waals surface area contributed by atoms with E-state index in [1.165, 1.54) is 47.4 Å². The van der Waals surface area contributed by atoms with Gasteiger partial charge in [-0.05, 0) is 61.5 Å². The molecule has 0 N–H and O–H groups in total. The molecule has 3 fully saturated rings. The van der Waals surface area contributed by atoms with Gasteiger partial charge in [0.1, 0.15) is 0 Å². The minimum atomic E-state index is 0.767. The third-order valence-electron chi connectivity index (χ3n) is 4.56. The van der Waals surface area contributed by atoms with E-state index in [9.17, 15) is 0 Å². The fourth-order valence-corrected chi connectivity index (χ4v) is 5.29. The van der Waals surface area contributed by atoms with Crippen LogP contribution in [0.3, 0.4) is 0 Å². The van der Waals surface area contributed by atoms with Gasteiger partial charge in [0.15, 0.2) is 0 Å². The molecule has 0 amide bonds. The maximum absolute atomic E-state index is 3.57. The molecule has 0 radical (unpaired) electrons. The van der Waals surface area contributed by atoms with Crippen LogP contribution in [0, 0.1) is 5.92 Å². The van der Waals surface area contributed by atoms with Crippen molar-refractivity contribution in [2.45, 2.75) is 30.3 Å². The van der Waals surface area contributed by atoms with Crippen LogP contribution in [0.4, 0.5) is 0 Å². The van der Waals surface area contributed by atoms with Crippen LogP contribution in [0.1, 0.15) is 18.4 Å². The summed E-state index contributed by atoms with van der Waals surface area (Å²) in [5, 5.41) is 0. The van der Waals surface area contributed by atoms with E-state index in [4.69, 9.17) is 0 Å². The summed E-state index contributed by atoms with van der Waals surface area (Å²) >= 11 is 5.55. The monoisotopic (exact) mass is 324 g/mol. The van der Waals surface area contributed by atoms with E-state index in [1.807, 2.05) is 11.9 Å². The molecule has 1 aromatic carbocycles. The molecule has 0 aromatic heterocycles. The molecular formula is C14H17BrN2S. The summed E-state index contributed by atoms with van der Waals surface area (Å²) in [7, 11) is 0. The third-order valence-corrected chi connectivity index (χ3v) is 6.27. The van der Waals surface area contributed by atoms with E-state index in [1.54, 1.807) is 0 Å². The average molecular weight is 325 g/mol. The molecule has 0 saturated carbocycles. The highest BCUT2D eigenvalue weighted by molar-refractivity contribution is 9.10. The van der Waals surface area contributed by atoms with Gasteiger partial charge >= 0.3 is 0 Å². The fourth-order valence-electron chi connectivity index (χ4n) is 3.52. The Balaban J connectivity index is 1.55. The number of hydrogen-bond donors (Lipinski definition) is 0. The van der Waals surface area contributed by atoms with Crippen LogP contribution in [0.25, 0.3) is 0 Å². The van der Waals surface area contributed by atoms with Crippen LogP contribution in [0.15, 0.2) is 27.6 Å². The molecule has 18 heavy (non-hydrogen) atoms. The van der Waals surface area contributed by atoms with Crippen molar-refractivity contribution >= 4 is 27.9 Å². The topological polar surface area (TPSA) is 6.48 Å². The van der Waals surface area contributed by atoms with Crippen LogP contribution >= 0.6 is 27.9 Å². The molecule has 4 heterocycles. The second-order valence-corrected chi connectivity index (χ2v) is 7.63. The maximum Gasteiger partial charge on any atom is 0.0366 e. The van der Waals surface area contributed by atoms with E-state index < -0.39 is 0 Å². The van der Waals surface area contributed by atoms with Crippen molar-refractivity contribution in [3.05, 3.63) is 28.2 Å². The summed E-state index contributed by atoms with van der Waals surface area (Å²) in [6.07, 6.45) is 2.81. The fraction of sp³-hybridized carbons (Fsp3) is 0.571. The molecule has 5 rings (SSSR count). The summed E-state index contributed by atoms with van der Waals surface area (Å²) < 4.78 is 3.83. The molecule has 0 spiro atoms. The molecule has 4 aliphatic heterocycles. The molecule has 0 aliphatic carbocycles. The summed E-state index contributed by atoms with van der Waals surface area (Å²) in [5.74, 6) is 0.931. The Morgan fingerprint density at radius 1 is 1.22 bits per heavy atom. The first-order chi connectivity index (χ1) is 8.79. The minimum absolute atomic E-state index is 0.767. The normalized spacial score (nSPS) is 34.8. The quantitative estimate of drug-likeness (QED) is 0.731. The van der Waals surface area contributed by atoms with Crippen molar-refractivity contribution in [1.29, 1.82) is 0 Å². The predicted molar refractivity (Wildman–Crippen MR) is 78.5 cm³/mol. The molecule has 96 valence electrons. The standard InChI is InChI=1S/C14H17BrN2S/c15-12-2-1-11-8-17(18-14(11)7-12)13-9-16-5-3-10(13)4-6-16/h1-2,7,10,13H,3-6,8-9H2/t13-/m0/s1. The number of fused-ring (bicyclic) bond motifs is 4. The Morgan fingerprint density at radius 3 is 2.78 bits per heavy atom. The van der Waals surface area contributed by atoms with Gasteiger partial charge in [-0.15, -0.1) is 0 Å². The van der Waals surface area contributed by atoms with Crippen LogP contribution in [-0.2, 0) is 6.54 Å². The lowest BCUT2D eigenvalue weighted by atomic mass is 9.84. The van der Waals surface area contributed by atoms with Crippen LogP contribution in [0.5, 0.6) is 0 Å². The minimum Gasteiger partial charge on any atom is -0.302 e. The number of halogens is 1. The lowest BCUT2D eigenvalue weighted by Gasteiger charge is -2.47. The lowest BCUT2D eigenvalue weighted by Crippen LogP contribution is -2.54. The van der Waals surface area contributed by atoms with Crippen molar-refractivity contribution in [2.24, 2.45) is 5.92 Å². The van der Waals surface area contributed by atoms with E-state index in [0.29, 0.717) is 0 Å². The first kappa shape index (κ1) is 11.8. The van der Waals surface area contributed by atoms with Gasteiger partial charge < -0.3 is 4.90 Å². The van der Waals surface area contributed by atoms with Gasteiger partial charge in [0, 0.05) is 28.5 Å². The Morgan fingerprint density at radius 2 is 2.06 bits per heavy atom. The van der Waals surface area contributed by atoms with Gasteiger partial charge in [-0.1, -0.05) is 22.0 Å². The molecule has 4 heteroatoms. The van der Waals surface area contributed by atoms with E-state index in [2.05, 4.69) is 43.3 Å². The highest BCUT2D eigenvalue weighted by atomic mass is 79.9. The highest BCUT2D eigenvalue weighted by Crippen LogP contribution is 2.43. The summed E-state index contributed by atoms with van der Waals surface area (Å²) in [4.78, 5) is 4.09. The SMILES string of the molecule is Brc1ccc2c(c1)SN([C@H]1CN3CCC1CC3)C2. The maximum atomic E-state index is 3.57. The molecule has 1 atom stereocenters. The van der Waals surface area contributed by atoms with Gasteiger partial charge in [0.2, 0.25) is 0 Å². The van der Waals surface area contributed by atoms with Crippen LogP contribution in [0.2, 0.25) is 0 Å². The summed E-state index contributed by atoms with van der Waals surface area (Å²) in [6.45, 7) is 5.07. The van der Waals surface area contributed by atoms with E-state index in [0.717, 1.165) is 18.5 Å². The second-order valence-electron chi connectivity index (χ2n) is 5.62. The number of piperidine rings is 3. The molecule has 4 aliphatic rings. The first-order valence-corrected chi connectivity index (χ1v) is 8.31. The summed E-state index contributed by atoms with van der Waals surface area (Å²) in [5.41, 5.74) is 1.50. The van der Waals surface area contributed by atoms with Gasteiger partial charge in [-0.2, -0.15) is 0 Å². The van der Waals surface area contributed by atoms with E-state index in [-0.39, 0.29) is 0 Å². The van der Waals surface area contributed by atoms with Crippen molar-refractivity contribution in [3.63, 3.8) is 0 Å². The zero-order chi connectivity index (χ0) is 12.1. The van der Waals surface area contributed by atoms with E-state index >= 15 is 0 Å². The van der Waals surface area contributed by atoms with Gasteiger partial charge in [0.25, 0.3) is 0 Å². The van der Waals surface area contributed by atoms with Gasteiger partial charge in [-0.3, -0.25) is 0 Å². The Hall–Kier alpha value is -0.0300. The summed E-state index contributed by atoms with van der Waals surface area (Å²) in [6, 6.07) is 7.47. The highest BCUT2D eigenvalue weighted by Gasteiger charge is 2.39. The lowest BCUT2D eigenvalue weighted by molar-refractivity contribution is 0.0420. The second kappa shape index (κ2) is 4.51. The Labute approximate surface area is 121 Å². The van der Waals surface area contributed by atoms with Crippen molar-refractivity contribution < 1.29 is 0 Å². The van der Waals surface area contributed by atoms with Crippen LogP contribution in [-0.4, -0.2) is 34.9 Å². The van der Waals surface area contributed by atoms with Crippen molar-refractivity contribution in [3.8, 4) is 0 Å². The number of rotatable bonds is 1.